The van der Waals surface area contributed by atoms with E-state index in [9.17, 15) is 14.7 Å². The Hall–Kier alpha value is -4.46. The Kier molecular flexibility index (Phi) is 6.01. The van der Waals surface area contributed by atoms with Gasteiger partial charge in [0.15, 0.2) is 5.82 Å². The van der Waals surface area contributed by atoms with Crippen molar-refractivity contribution in [3.8, 4) is 22.4 Å². The summed E-state index contributed by atoms with van der Waals surface area (Å²) in [7, 11) is 1.69. The average Bonchev–Trinajstić information content (AvgIpc) is 3.63. The topological polar surface area (TPSA) is 106 Å². The third-order valence-electron chi connectivity index (χ3n) is 6.58. The average molecular weight is 483 g/mol. The number of nitrogens with one attached hydrogen (secondary N) is 1. The van der Waals surface area contributed by atoms with Crippen molar-refractivity contribution in [1.82, 2.24) is 15.0 Å². The van der Waals surface area contributed by atoms with Crippen molar-refractivity contribution in [2.24, 2.45) is 7.05 Å². The number of aryl methyl sites for hydroxylation is 1. The highest BCUT2D eigenvalue weighted by Crippen LogP contribution is 2.48. The summed E-state index contributed by atoms with van der Waals surface area (Å²) in [5.41, 5.74) is 4.32. The number of nitrogens with zero attached hydrogens (tertiary/aromatic N) is 3. The number of aliphatic carboxylic acids is 1. The van der Waals surface area contributed by atoms with Crippen molar-refractivity contribution < 1.29 is 19.4 Å². The summed E-state index contributed by atoms with van der Waals surface area (Å²) in [5, 5.41) is 20.9. The Morgan fingerprint density at radius 3 is 2.08 bits per heavy atom. The molecule has 2 N–H and O–H groups in total. The number of hydrogen-bond acceptors (Lipinski definition) is 5. The summed E-state index contributed by atoms with van der Waals surface area (Å²) >= 11 is 0. The predicted octanol–water partition coefficient (Wildman–Crippen LogP) is 5.58. The zero-order valence-electron chi connectivity index (χ0n) is 20.0. The SMILES string of the molecule is C[C@@H](OC(=O)Nc1nn(C)nc1-c1ccc(-c2ccc(C3(C(=O)O)CC3)cc2)cc1)c1ccccc1. The third kappa shape index (κ3) is 4.57. The maximum atomic E-state index is 12.5. The molecule has 0 saturated heterocycles. The van der Waals surface area contributed by atoms with Crippen LogP contribution in [-0.4, -0.2) is 32.2 Å². The summed E-state index contributed by atoms with van der Waals surface area (Å²) in [6.45, 7) is 1.81. The molecule has 1 aromatic heterocycles. The van der Waals surface area contributed by atoms with Crippen LogP contribution in [0.5, 0.6) is 0 Å². The number of rotatable bonds is 7. The van der Waals surface area contributed by atoms with Crippen LogP contribution in [0.4, 0.5) is 10.6 Å². The van der Waals surface area contributed by atoms with E-state index in [0.717, 1.165) is 27.8 Å². The number of hydrogen-bond donors (Lipinski definition) is 2. The molecule has 8 nitrogen and oxygen atoms in total. The quantitative estimate of drug-likeness (QED) is 0.356. The Balaban J connectivity index is 1.30. The van der Waals surface area contributed by atoms with Crippen LogP contribution in [0.2, 0.25) is 0 Å². The fourth-order valence-corrected chi connectivity index (χ4v) is 4.32. The van der Waals surface area contributed by atoms with Crippen LogP contribution in [0.25, 0.3) is 22.4 Å². The molecule has 1 amide bonds. The summed E-state index contributed by atoms with van der Waals surface area (Å²) in [6, 6.07) is 24.9. The number of amides is 1. The van der Waals surface area contributed by atoms with Gasteiger partial charge in [0.05, 0.1) is 5.41 Å². The van der Waals surface area contributed by atoms with Crippen molar-refractivity contribution in [2.75, 3.05) is 5.32 Å². The standard InChI is InChI=1S/C28H26N4O4/c1-18(19-6-4-3-5-7-19)36-27(35)29-25-24(30-32(2)31-25)22-10-8-20(9-11-22)21-12-14-23(15-13-21)28(16-17-28)26(33)34/h3-15,18H,16-17H2,1-2H3,(H,33,34)(H,29,31,35)/t18-/m1/s1. The molecular formula is C28H26N4O4. The Labute approximate surface area is 208 Å². The van der Waals surface area contributed by atoms with Crippen LogP contribution >= 0.6 is 0 Å². The van der Waals surface area contributed by atoms with Crippen molar-refractivity contribution in [3.05, 3.63) is 90.0 Å². The maximum Gasteiger partial charge on any atom is 0.413 e. The van der Waals surface area contributed by atoms with Crippen LogP contribution in [0.3, 0.4) is 0 Å². The maximum absolute atomic E-state index is 12.5. The minimum atomic E-state index is -0.758. The first-order valence-corrected chi connectivity index (χ1v) is 11.7. The van der Waals surface area contributed by atoms with Gasteiger partial charge >= 0.3 is 12.1 Å². The highest BCUT2D eigenvalue weighted by Gasteiger charge is 2.51. The van der Waals surface area contributed by atoms with E-state index in [1.54, 1.807) is 7.05 Å². The van der Waals surface area contributed by atoms with Crippen molar-refractivity contribution in [3.63, 3.8) is 0 Å². The largest absolute Gasteiger partial charge is 0.481 e. The molecule has 0 aliphatic heterocycles. The number of benzene rings is 3. The fraction of sp³-hybridized carbons (Fsp3) is 0.214. The Morgan fingerprint density at radius 1 is 0.917 bits per heavy atom. The van der Waals surface area contributed by atoms with Gasteiger partial charge in [0, 0.05) is 12.6 Å². The number of carboxylic acids is 1. The molecule has 0 radical (unpaired) electrons. The van der Waals surface area contributed by atoms with E-state index in [4.69, 9.17) is 4.74 Å². The molecule has 8 heteroatoms. The molecule has 0 spiro atoms. The number of ether oxygens (including phenoxy) is 1. The van der Waals surface area contributed by atoms with Gasteiger partial charge in [0.2, 0.25) is 0 Å². The molecule has 3 aromatic carbocycles. The number of carbonyl (C=O) groups excluding carboxylic acids is 1. The highest BCUT2D eigenvalue weighted by molar-refractivity contribution is 5.89. The number of anilines is 1. The summed E-state index contributed by atoms with van der Waals surface area (Å²) in [4.78, 5) is 25.5. The van der Waals surface area contributed by atoms with Gasteiger partial charge in [-0.05, 0) is 42.0 Å². The lowest BCUT2D eigenvalue weighted by Crippen LogP contribution is -2.19. The van der Waals surface area contributed by atoms with Crippen LogP contribution in [-0.2, 0) is 22.0 Å². The monoisotopic (exact) mass is 482 g/mol. The third-order valence-corrected chi connectivity index (χ3v) is 6.58. The summed E-state index contributed by atoms with van der Waals surface area (Å²) in [6.07, 6.45) is 0.342. The smallest absolute Gasteiger partial charge is 0.413 e. The Bertz CT molecular complexity index is 1390. The lowest BCUT2D eigenvalue weighted by atomic mass is 9.93. The Morgan fingerprint density at radius 2 is 1.50 bits per heavy atom. The molecule has 4 aromatic rings. The van der Waals surface area contributed by atoms with Crippen LogP contribution < -0.4 is 5.32 Å². The van der Waals surface area contributed by atoms with E-state index >= 15 is 0 Å². The molecule has 182 valence electrons. The van der Waals surface area contributed by atoms with E-state index < -0.39 is 23.6 Å². The molecule has 0 bridgehead atoms. The molecule has 5 rings (SSSR count). The minimum Gasteiger partial charge on any atom is -0.481 e. The second-order valence-electron chi connectivity index (χ2n) is 9.01. The number of carboxylic acid groups (broad SMARTS) is 1. The fourth-order valence-electron chi connectivity index (χ4n) is 4.32. The first-order chi connectivity index (χ1) is 17.4. The molecule has 1 saturated carbocycles. The van der Waals surface area contributed by atoms with E-state index in [2.05, 4.69) is 15.5 Å². The summed E-state index contributed by atoms with van der Waals surface area (Å²) in [5.74, 6) is -0.449. The number of aromatic nitrogens is 3. The summed E-state index contributed by atoms with van der Waals surface area (Å²) < 4.78 is 5.51. The van der Waals surface area contributed by atoms with Gasteiger partial charge in [0.25, 0.3) is 0 Å². The second-order valence-corrected chi connectivity index (χ2v) is 9.01. The molecule has 1 aliphatic rings. The second kappa shape index (κ2) is 9.30. The number of carbonyl (C=O) groups is 2. The minimum absolute atomic E-state index is 0.309. The molecule has 1 heterocycles. The van der Waals surface area contributed by atoms with Gasteiger partial charge in [-0.3, -0.25) is 10.1 Å². The normalized spacial score (nSPS) is 14.6. The first-order valence-electron chi connectivity index (χ1n) is 11.7. The highest BCUT2D eigenvalue weighted by atomic mass is 16.6. The van der Waals surface area contributed by atoms with Gasteiger partial charge in [-0.1, -0.05) is 78.9 Å². The first kappa shape index (κ1) is 23.3. The van der Waals surface area contributed by atoms with E-state index in [1.165, 1.54) is 4.80 Å². The van der Waals surface area contributed by atoms with Gasteiger partial charge in [-0.15, -0.1) is 5.10 Å². The van der Waals surface area contributed by atoms with Crippen LogP contribution in [0, 0.1) is 0 Å². The van der Waals surface area contributed by atoms with Crippen molar-refractivity contribution in [1.29, 1.82) is 0 Å². The van der Waals surface area contributed by atoms with Crippen molar-refractivity contribution in [2.45, 2.75) is 31.3 Å². The van der Waals surface area contributed by atoms with Crippen LogP contribution in [0.1, 0.15) is 37.0 Å². The lowest BCUT2D eigenvalue weighted by Gasteiger charge is -2.13. The van der Waals surface area contributed by atoms with Gasteiger partial charge < -0.3 is 9.84 Å². The van der Waals surface area contributed by atoms with Gasteiger partial charge in [0.1, 0.15) is 11.8 Å². The molecule has 1 aliphatic carbocycles. The molecule has 36 heavy (non-hydrogen) atoms. The zero-order chi connectivity index (χ0) is 25.3. The van der Waals surface area contributed by atoms with Gasteiger partial charge in [-0.25, -0.2) is 4.79 Å². The predicted molar refractivity (Wildman–Crippen MR) is 135 cm³/mol. The van der Waals surface area contributed by atoms with E-state index in [0.29, 0.717) is 24.4 Å². The molecular weight excluding hydrogens is 456 g/mol. The zero-order valence-corrected chi connectivity index (χ0v) is 20.0. The van der Waals surface area contributed by atoms with E-state index in [1.807, 2.05) is 85.8 Å². The molecule has 1 atom stereocenters. The molecule has 1 fully saturated rings. The van der Waals surface area contributed by atoms with E-state index in [-0.39, 0.29) is 0 Å². The lowest BCUT2D eigenvalue weighted by molar-refractivity contribution is -0.140. The van der Waals surface area contributed by atoms with Crippen LogP contribution in [0.15, 0.2) is 78.9 Å². The van der Waals surface area contributed by atoms with Gasteiger partial charge in [-0.2, -0.15) is 9.90 Å². The molecule has 0 unspecified atom stereocenters. The van der Waals surface area contributed by atoms with Crippen molar-refractivity contribution >= 4 is 17.9 Å².